The van der Waals surface area contributed by atoms with Crippen LogP contribution in [0.5, 0.6) is 5.75 Å². The monoisotopic (exact) mass is 397 g/mol. The van der Waals surface area contributed by atoms with Gasteiger partial charge in [-0.2, -0.15) is 0 Å². The minimum atomic E-state index is -0.259. The highest BCUT2D eigenvalue weighted by atomic mass is 79.9. The lowest BCUT2D eigenvalue weighted by molar-refractivity contribution is -0.118. The van der Waals surface area contributed by atoms with Crippen LogP contribution in [0.15, 0.2) is 46.9 Å². The van der Waals surface area contributed by atoms with E-state index in [0.717, 1.165) is 11.3 Å². The van der Waals surface area contributed by atoms with Crippen LogP contribution in [-0.2, 0) is 17.1 Å². The van der Waals surface area contributed by atoms with Crippen LogP contribution in [0.2, 0.25) is 0 Å². The van der Waals surface area contributed by atoms with Gasteiger partial charge in [0.2, 0.25) is 5.91 Å². The third-order valence-electron chi connectivity index (χ3n) is 3.15. The van der Waals surface area contributed by atoms with Crippen LogP contribution in [0.3, 0.4) is 0 Å². The van der Waals surface area contributed by atoms with Crippen molar-refractivity contribution in [3.63, 3.8) is 0 Å². The largest absolute Gasteiger partial charge is 0.497 e. The minimum absolute atomic E-state index is 0.0664. The van der Waals surface area contributed by atoms with Crippen molar-refractivity contribution in [3.05, 3.63) is 63.9 Å². The van der Waals surface area contributed by atoms with Gasteiger partial charge in [-0.3, -0.25) is 4.79 Å². The molecule has 0 aliphatic carbocycles. The van der Waals surface area contributed by atoms with Crippen LogP contribution in [-0.4, -0.2) is 18.8 Å². The predicted octanol–water partition coefficient (Wildman–Crippen LogP) is 4.15. The summed E-state index contributed by atoms with van der Waals surface area (Å²) < 4.78 is 19.4. The molecule has 6 heteroatoms. The Balaban J connectivity index is 1.72. The molecule has 0 heterocycles. The molecule has 2 rings (SSSR count). The van der Waals surface area contributed by atoms with E-state index in [2.05, 4.69) is 21.2 Å². The van der Waals surface area contributed by atoms with Crippen LogP contribution in [0.1, 0.15) is 11.1 Å². The molecule has 0 fully saturated rings. The number of methoxy groups -OCH3 is 1. The number of nitrogens with one attached hydrogen (secondary N) is 1. The first-order chi connectivity index (χ1) is 11.1. The Labute approximate surface area is 147 Å². The fraction of sp³-hybridized carbons (Fsp3) is 0.235. The van der Waals surface area contributed by atoms with Crippen LogP contribution in [0.4, 0.5) is 4.39 Å². The molecule has 1 amide bonds. The molecule has 3 nitrogen and oxygen atoms in total. The van der Waals surface area contributed by atoms with E-state index in [9.17, 15) is 9.18 Å². The number of halogens is 2. The standard InChI is InChI=1S/C17H17BrFNO2S/c1-22-15-6-2-12(3-7-15)9-20-17(21)11-23-10-13-4-5-14(18)8-16(13)19/h2-8H,9-11H2,1H3,(H,20,21). The van der Waals surface area contributed by atoms with Gasteiger partial charge in [-0.15, -0.1) is 11.8 Å². The zero-order valence-electron chi connectivity index (χ0n) is 12.6. The van der Waals surface area contributed by atoms with Crippen molar-refractivity contribution in [1.29, 1.82) is 0 Å². The summed E-state index contributed by atoms with van der Waals surface area (Å²) in [6.45, 7) is 0.468. The number of hydrogen-bond donors (Lipinski definition) is 1. The molecular weight excluding hydrogens is 381 g/mol. The zero-order valence-corrected chi connectivity index (χ0v) is 15.0. The van der Waals surface area contributed by atoms with Crippen LogP contribution < -0.4 is 10.1 Å². The summed E-state index contributed by atoms with van der Waals surface area (Å²) in [6, 6.07) is 12.5. The van der Waals surface area contributed by atoms with Gasteiger partial charge in [-0.1, -0.05) is 34.1 Å². The van der Waals surface area contributed by atoms with Crippen LogP contribution in [0.25, 0.3) is 0 Å². The van der Waals surface area contributed by atoms with Gasteiger partial charge in [0.25, 0.3) is 0 Å². The lowest BCUT2D eigenvalue weighted by Gasteiger charge is -2.07. The van der Waals surface area contributed by atoms with Gasteiger partial charge >= 0.3 is 0 Å². The summed E-state index contributed by atoms with van der Waals surface area (Å²) in [4.78, 5) is 11.8. The Hall–Kier alpha value is -1.53. The first-order valence-electron chi connectivity index (χ1n) is 7.00. The van der Waals surface area contributed by atoms with Crippen molar-refractivity contribution < 1.29 is 13.9 Å². The molecule has 0 bridgehead atoms. The van der Waals surface area contributed by atoms with Gasteiger partial charge < -0.3 is 10.1 Å². The van der Waals surface area contributed by atoms with Gasteiger partial charge in [-0.25, -0.2) is 4.39 Å². The summed E-state index contributed by atoms with van der Waals surface area (Å²) in [5, 5.41) is 2.84. The topological polar surface area (TPSA) is 38.3 Å². The summed E-state index contributed by atoms with van der Waals surface area (Å²) in [6.07, 6.45) is 0. The van der Waals surface area contributed by atoms with E-state index in [1.165, 1.54) is 17.8 Å². The maximum atomic E-state index is 13.7. The number of benzene rings is 2. The maximum absolute atomic E-state index is 13.7. The van der Waals surface area contributed by atoms with Crippen molar-refractivity contribution >= 4 is 33.6 Å². The molecule has 23 heavy (non-hydrogen) atoms. The molecule has 0 atom stereocenters. The molecule has 0 aliphatic rings. The van der Waals surface area contributed by atoms with Gasteiger partial charge in [-0.05, 0) is 35.4 Å². The highest BCUT2D eigenvalue weighted by Gasteiger charge is 2.06. The quantitative estimate of drug-likeness (QED) is 0.762. The molecule has 0 unspecified atom stereocenters. The summed E-state index contributed by atoms with van der Waals surface area (Å²) >= 11 is 4.61. The number of hydrogen-bond acceptors (Lipinski definition) is 3. The van der Waals surface area contributed by atoms with Crippen molar-refractivity contribution in [3.8, 4) is 5.75 Å². The Morgan fingerprint density at radius 1 is 1.26 bits per heavy atom. The Morgan fingerprint density at radius 3 is 2.65 bits per heavy atom. The molecule has 0 spiro atoms. The minimum Gasteiger partial charge on any atom is -0.497 e. The SMILES string of the molecule is COc1ccc(CNC(=O)CSCc2ccc(Br)cc2F)cc1. The van der Waals surface area contributed by atoms with E-state index < -0.39 is 0 Å². The van der Waals surface area contributed by atoms with Crippen molar-refractivity contribution in [2.45, 2.75) is 12.3 Å². The average Bonchev–Trinajstić information content (AvgIpc) is 2.55. The van der Waals surface area contributed by atoms with E-state index in [-0.39, 0.29) is 11.7 Å². The fourth-order valence-corrected chi connectivity index (χ4v) is 3.06. The molecular formula is C17H17BrFNO2S. The lowest BCUT2D eigenvalue weighted by Crippen LogP contribution is -2.24. The molecule has 0 aliphatic heterocycles. The summed E-state index contributed by atoms with van der Waals surface area (Å²) in [5.41, 5.74) is 1.60. The van der Waals surface area contributed by atoms with E-state index in [4.69, 9.17) is 4.74 Å². The number of thioether (sulfide) groups is 1. The molecule has 2 aromatic rings. The Kier molecular flexibility index (Phi) is 6.92. The smallest absolute Gasteiger partial charge is 0.230 e. The maximum Gasteiger partial charge on any atom is 0.230 e. The molecule has 2 aromatic carbocycles. The van der Waals surface area contributed by atoms with Gasteiger partial charge in [0.1, 0.15) is 11.6 Å². The molecule has 0 radical (unpaired) electrons. The van der Waals surface area contributed by atoms with Crippen molar-refractivity contribution in [2.75, 3.05) is 12.9 Å². The first-order valence-corrected chi connectivity index (χ1v) is 8.94. The summed E-state index contributed by atoms with van der Waals surface area (Å²) in [7, 11) is 1.61. The molecule has 122 valence electrons. The van der Waals surface area contributed by atoms with Crippen molar-refractivity contribution in [2.24, 2.45) is 0 Å². The number of rotatable bonds is 7. The second kappa shape index (κ2) is 8.93. The molecule has 0 saturated carbocycles. The van der Waals surface area contributed by atoms with E-state index in [1.807, 2.05) is 24.3 Å². The Morgan fingerprint density at radius 2 is 2.00 bits per heavy atom. The van der Waals surface area contributed by atoms with Gasteiger partial charge in [0.05, 0.1) is 12.9 Å². The predicted molar refractivity (Wildman–Crippen MR) is 95.1 cm³/mol. The highest BCUT2D eigenvalue weighted by molar-refractivity contribution is 9.10. The van der Waals surface area contributed by atoms with Crippen molar-refractivity contribution in [1.82, 2.24) is 5.32 Å². The average molecular weight is 398 g/mol. The van der Waals surface area contributed by atoms with Crippen LogP contribution >= 0.6 is 27.7 Å². The second-order valence-corrected chi connectivity index (χ2v) is 6.75. The van der Waals surface area contributed by atoms with E-state index >= 15 is 0 Å². The van der Waals surface area contributed by atoms with Crippen LogP contribution in [0, 0.1) is 5.82 Å². The molecule has 0 saturated heterocycles. The zero-order chi connectivity index (χ0) is 16.7. The van der Waals surface area contributed by atoms with E-state index in [1.54, 1.807) is 19.2 Å². The molecule has 1 N–H and O–H groups in total. The second-order valence-electron chi connectivity index (χ2n) is 4.85. The number of amides is 1. The summed E-state index contributed by atoms with van der Waals surface area (Å²) in [5.74, 6) is 1.22. The number of ether oxygens (including phenoxy) is 1. The third kappa shape index (κ3) is 5.88. The number of carbonyl (C=O) groups excluding carboxylic acids is 1. The number of carbonyl (C=O) groups is 1. The van der Waals surface area contributed by atoms with E-state index in [0.29, 0.717) is 28.1 Å². The normalized spacial score (nSPS) is 10.4. The van der Waals surface area contributed by atoms with Gasteiger partial charge in [0, 0.05) is 16.8 Å². The van der Waals surface area contributed by atoms with Gasteiger partial charge in [0.15, 0.2) is 0 Å². The fourth-order valence-electron chi connectivity index (χ4n) is 1.89. The molecule has 0 aromatic heterocycles. The first kappa shape index (κ1) is 17.8. The third-order valence-corrected chi connectivity index (χ3v) is 4.63. The highest BCUT2D eigenvalue weighted by Crippen LogP contribution is 2.19. The lowest BCUT2D eigenvalue weighted by atomic mass is 10.2. The Bertz CT molecular complexity index is 664.